The molecule has 1 aliphatic carbocycles. The van der Waals surface area contributed by atoms with Gasteiger partial charge in [-0.3, -0.25) is 0 Å². The lowest BCUT2D eigenvalue weighted by Crippen LogP contribution is -2.00. The van der Waals surface area contributed by atoms with Crippen LogP contribution in [0.4, 0.5) is 0 Å². The number of hydrogen-bond acceptors (Lipinski definition) is 2. The molecule has 0 amide bonds. The second-order valence-electron chi connectivity index (χ2n) is 4.59. The van der Waals surface area contributed by atoms with Gasteiger partial charge in [-0.2, -0.15) is 0 Å². The molecular weight excluding hydrogens is 236 g/mol. The van der Waals surface area contributed by atoms with E-state index in [1.165, 1.54) is 16.3 Å². The zero-order valence-corrected chi connectivity index (χ0v) is 11.4. The summed E-state index contributed by atoms with van der Waals surface area (Å²) in [5, 5.41) is 2.41. The van der Waals surface area contributed by atoms with Crippen LogP contribution in [0.1, 0.15) is 23.6 Å². The first-order valence-corrected chi connectivity index (χ1v) is 6.43. The Morgan fingerprint density at radius 3 is 2.42 bits per heavy atom. The second kappa shape index (κ2) is 4.49. The monoisotopic (exact) mass is 252 g/mol. The van der Waals surface area contributed by atoms with E-state index in [1.807, 2.05) is 0 Å². The van der Waals surface area contributed by atoms with Crippen molar-refractivity contribution < 1.29 is 9.47 Å². The average Bonchev–Trinajstić information content (AvgIpc) is 2.47. The Labute approximate surface area is 113 Å². The second-order valence-corrected chi connectivity index (χ2v) is 4.59. The van der Waals surface area contributed by atoms with E-state index in [0.29, 0.717) is 0 Å². The van der Waals surface area contributed by atoms with Gasteiger partial charge in [-0.25, -0.2) is 0 Å². The van der Waals surface area contributed by atoms with Crippen LogP contribution in [0.5, 0.6) is 0 Å². The quantitative estimate of drug-likeness (QED) is 0.769. The van der Waals surface area contributed by atoms with Crippen molar-refractivity contribution >= 4 is 22.3 Å². The summed E-state index contributed by atoms with van der Waals surface area (Å²) in [6.45, 7) is 2.16. The smallest absolute Gasteiger partial charge is 0.173 e. The van der Waals surface area contributed by atoms with Gasteiger partial charge in [-0.15, -0.1) is 0 Å². The number of aryl methyl sites for hydroxylation is 1. The molecule has 0 aliphatic heterocycles. The van der Waals surface area contributed by atoms with Gasteiger partial charge in [0.2, 0.25) is 0 Å². The summed E-state index contributed by atoms with van der Waals surface area (Å²) < 4.78 is 10.9. The van der Waals surface area contributed by atoms with Crippen LogP contribution in [0, 0.1) is 0 Å². The third-order valence-electron chi connectivity index (χ3n) is 3.57. The van der Waals surface area contributed by atoms with Crippen molar-refractivity contribution in [1.82, 2.24) is 0 Å². The molecule has 96 valence electrons. The van der Waals surface area contributed by atoms with Crippen molar-refractivity contribution in [1.29, 1.82) is 0 Å². The molecule has 0 atom stereocenters. The molecule has 0 N–H and O–H groups in total. The van der Waals surface area contributed by atoms with Gasteiger partial charge in [0.1, 0.15) is 0 Å². The zero-order chi connectivity index (χ0) is 13.4. The molecule has 2 aromatic rings. The van der Waals surface area contributed by atoms with Crippen molar-refractivity contribution in [2.45, 2.75) is 13.3 Å². The molecule has 0 fully saturated rings. The maximum Gasteiger partial charge on any atom is 0.173 e. The van der Waals surface area contributed by atoms with Crippen LogP contribution in [0.25, 0.3) is 22.3 Å². The Morgan fingerprint density at radius 2 is 1.74 bits per heavy atom. The highest BCUT2D eigenvalue weighted by Crippen LogP contribution is 2.36. The summed E-state index contributed by atoms with van der Waals surface area (Å²) in [5.74, 6) is 1.48. The Bertz CT molecular complexity index is 719. The lowest BCUT2D eigenvalue weighted by atomic mass is 9.91. The van der Waals surface area contributed by atoms with Crippen LogP contribution >= 0.6 is 0 Å². The predicted molar refractivity (Wildman–Crippen MR) is 77.7 cm³/mol. The highest BCUT2D eigenvalue weighted by molar-refractivity contribution is 6.03. The molecule has 2 heteroatoms. The van der Waals surface area contributed by atoms with Crippen LogP contribution < -0.4 is 0 Å². The van der Waals surface area contributed by atoms with Gasteiger partial charge in [0, 0.05) is 16.5 Å². The fourth-order valence-corrected chi connectivity index (χ4v) is 2.62. The minimum atomic E-state index is 0.735. The zero-order valence-electron chi connectivity index (χ0n) is 11.4. The van der Waals surface area contributed by atoms with Gasteiger partial charge in [-0.1, -0.05) is 25.1 Å². The third-order valence-corrected chi connectivity index (χ3v) is 3.57. The maximum absolute atomic E-state index is 5.47. The number of hydrogen-bond donors (Lipinski definition) is 0. The summed E-state index contributed by atoms with van der Waals surface area (Å²) in [5.41, 5.74) is 6.70. The van der Waals surface area contributed by atoms with Crippen LogP contribution in [-0.2, 0) is 15.9 Å². The molecular formula is C17H16O2. The Balaban J connectivity index is 2.45. The fourth-order valence-electron chi connectivity index (χ4n) is 2.62. The lowest BCUT2D eigenvalue weighted by Gasteiger charge is -2.18. The minimum absolute atomic E-state index is 0.735. The van der Waals surface area contributed by atoms with Crippen LogP contribution in [0.2, 0.25) is 0 Å². The van der Waals surface area contributed by atoms with Crippen LogP contribution in [0.15, 0.2) is 36.1 Å². The van der Waals surface area contributed by atoms with E-state index in [-0.39, 0.29) is 0 Å². The topological polar surface area (TPSA) is 18.5 Å². The van der Waals surface area contributed by atoms with Crippen LogP contribution in [0.3, 0.4) is 0 Å². The molecule has 19 heavy (non-hydrogen) atoms. The third kappa shape index (κ3) is 1.73. The van der Waals surface area contributed by atoms with E-state index in [0.717, 1.165) is 29.1 Å². The van der Waals surface area contributed by atoms with Crippen molar-refractivity contribution in [3.63, 3.8) is 0 Å². The lowest BCUT2D eigenvalue weighted by molar-refractivity contribution is 0.359. The number of methoxy groups -OCH3 is 2. The molecule has 1 aliphatic rings. The number of ether oxygens (including phenoxy) is 2. The highest BCUT2D eigenvalue weighted by Gasteiger charge is 2.19. The molecule has 0 radical (unpaired) electrons. The maximum atomic E-state index is 5.47. The van der Waals surface area contributed by atoms with Gasteiger partial charge < -0.3 is 9.47 Å². The van der Waals surface area contributed by atoms with E-state index >= 15 is 0 Å². The molecule has 0 saturated heterocycles. The van der Waals surface area contributed by atoms with E-state index in [4.69, 9.17) is 9.47 Å². The molecule has 0 aromatic heterocycles. The van der Waals surface area contributed by atoms with Crippen molar-refractivity contribution in [3.8, 4) is 0 Å². The standard InChI is InChI=1S/C17H16O2/c1-4-11-8-12-6-5-7-13-15(18-2)10-16(19-3)14(9-11)17(12)13/h5-9H,4H2,1-3H3. The van der Waals surface area contributed by atoms with Crippen LogP contribution in [-0.4, -0.2) is 14.2 Å². The molecule has 2 aromatic carbocycles. The molecule has 0 saturated carbocycles. The summed E-state index contributed by atoms with van der Waals surface area (Å²) in [6, 6.07) is 10.7. The Morgan fingerprint density at radius 1 is 1.00 bits per heavy atom. The van der Waals surface area contributed by atoms with Gasteiger partial charge in [0.25, 0.3) is 0 Å². The highest BCUT2D eigenvalue weighted by atomic mass is 16.5. The van der Waals surface area contributed by atoms with Gasteiger partial charge in [0.05, 0.1) is 14.2 Å². The molecule has 0 spiro atoms. The van der Waals surface area contributed by atoms with Crippen molar-refractivity contribution in [2.24, 2.45) is 0 Å². The van der Waals surface area contributed by atoms with E-state index in [2.05, 4.69) is 43.0 Å². The first-order chi connectivity index (χ1) is 9.28. The first kappa shape index (κ1) is 11.9. The minimum Gasteiger partial charge on any atom is -0.488 e. The first-order valence-electron chi connectivity index (χ1n) is 6.43. The molecule has 3 rings (SSSR count). The summed E-state index contributed by atoms with van der Waals surface area (Å²) in [6.07, 6.45) is 1.00. The predicted octanol–water partition coefficient (Wildman–Crippen LogP) is 3.99. The van der Waals surface area contributed by atoms with Crippen molar-refractivity contribution in [2.75, 3.05) is 14.2 Å². The van der Waals surface area contributed by atoms with Gasteiger partial charge in [-0.05, 0) is 35.2 Å². The fraction of sp³-hybridized carbons (Fsp3) is 0.235. The molecule has 2 nitrogen and oxygen atoms in total. The summed E-state index contributed by atoms with van der Waals surface area (Å²) >= 11 is 0. The van der Waals surface area contributed by atoms with E-state index < -0.39 is 0 Å². The summed E-state index contributed by atoms with van der Waals surface area (Å²) in [7, 11) is 3.34. The van der Waals surface area contributed by atoms with Gasteiger partial charge in [0.15, 0.2) is 11.5 Å². The van der Waals surface area contributed by atoms with E-state index in [9.17, 15) is 0 Å². The SMILES string of the molecule is CCc1cc2c3c(cccc3c1)C(OC)=C=C2OC. The van der Waals surface area contributed by atoms with E-state index in [1.54, 1.807) is 14.2 Å². The number of rotatable bonds is 3. The Kier molecular flexibility index (Phi) is 2.81. The molecule has 0 heterocycles. The largest absolute Gasteiger partial charge is 0.488 e. The normalized spacial score (nSPS) is 13.0. The average molecular weight is 252 g/mol. The molecule has 0 bridgehead atoms. The molecule has 0 unspecified atom stereocenters. The Hall–Kier alpha value is -2.18. The summed E-state index contributed by atoms with van der Waals surface area (Å²) in [4.78, 5) is 0. The van der Waals surface area contributed by atoms with Gasteiger partial charge >= 0.3 is 0 Å². The van der Waals surface area contributed by atoms with Crippen molar-refractivity contribution in [3.05, 3.63) is 52.8 Å². The number of benzene rings is 2.